The predicted octanol–water partition coefficient (Wildman–Crippen LogP) is 1.77. The van der Waals surface area contributed by atoms with Crippen molar-refractivity contribution in [1.82, 2.24) is 10.6 Å². The van der Waals surface area contributed by atoms with E-state index in [1.807, 2.05) is 0 Å². The lowest BCUT2D eigenvalue weighted by Crippen LogP contribution is -2.31. The van der Waals surface area contributed by atoms with Crippen LogP contribution in [-0.4, -0.2) is 47.5 Å². The number of hydrogen-bond acceptors (Lipinski definition) is 6. The first-order valence-corrected chi connectivity index (χ1v) is 10.7. The van der Waals surface area contributed by atoms with E-state index in [1.54, 1.807) is 36.4 Å². The third-order valence-corrected chi connectivity index (χ3v) is 6.42. The summed E-state index contributed by atoms with van der Waals surface area (Å²) in [5.41, 5.74) is 0.836. The Bertz CT molecular complexity index is 1110. The molecule has 0 aromatic heterocycles. The van der Waals surface area contributed by atoms with Gasteiger partial charge in [0.25, 0.3) is 11.8 Å². The third kappa shape index (κ3) is 4.30. The van der Waals surface area contributed by atoms with Crippen molar-refractivity contribution in [2.45, 2.75) is 11.3 Å². The monoisotopic (exact) mass is 430 g/mol. The number of hydrogen-bond donors (Lipinski definition) is 2. The van der Waals surface area contributed by atoms with Gasteiger partial charge in [-0.2, -0.15) is 0 Å². The molecule has 0 saturated carbocycles. The van der Waals surface area contributed by atoms with Crippen LogP contribution in [0.25, 0.3) is 6.08 Å². The van der Waals surface area contributed by atoms with Gasteiger partial charge in [-0.3, -0.25) is 9.59 Å². The van der Waals surface area contributed by atoms with E-state index in [-0.39, 0.29) is 28.8 Å². The maximum Gasteiger partial charge on any atom is 0.263 e. The highest BCUT2D eigenvalue weighted by atomic mass is 32.2. The summed E-state index contributed by atoms with van der Waals surface area (Å²) < 4.78 is 35.2. The van der Waals surface area contributed by atoms with E-state index in [9.17, 15) is 18.0 Å². The Kier molecular flexibility index (Phi) is 6.41. The lowest BCUT2D eigenvalue weighted by molar-refractivity contribution is -0.116. The molecule has 1 heterocycles. The number of carbonyl (C=O) groups excluding carboxylic acids is 2. The van der Waals surface area contributed by atoms with Crippen LogP contribution in [0.15, 0.2) is 52.3 Å². The standard InChI is InChI=1S/C21H22N2O6S/c1-28-15-8-9-17(29-2)16(13-15)20(24)22-10-5-11-23-21(25)19-12-14-6-3-4-7-18(14)30(19,26)27/h3-4,6-9,12-13H,5,10-11H2,1-2H3,(H,22,24)(H,23,25). The molecule has 0 aliphatic carbocycles. The Morgan fingerprint density at radius 3 is 2.30 bits per heavy atom. The summed E-state index contributed by atoms with van der Waals surface area (Å²) in [6.45, 7) is 0.489. The van der Waals surface area contributed by atoms with Crippen LogP contribution >= 0.6 is 0 Å². The number of ether oxygens (including phenoxy) is 2. The first kappa shape index (κ1) is 21.4. The molecule has 2 N–H and O–H groups in total. The smallest absolute Gasteiger partial charge is 0.263 e. The average molecular weight is 430 g/mol. The Balaban J connectivity index is 1.51. The summed E-state index contributed by atoms with van der Waals surface area (Å²) in [4.78, 5) is 24.6. The topological polar surface area (TPSA) is 111 Å². The van der Waals surface area contributed by atoms with E-state index in [1.165, 1.54) is 26.4 Å². The van der Waals surface area contributed by atoms with E-state index in [2.05, 4.69) is 10.6 Å². The van der Waals surface area contributed by atoms with E-state index in [0.717, 1.165) is 0 Å². The van der Waals surface area contributed by atoms with Crippen LogP contribution in [0.1, 0.15) is 22.3 Å². The number of sulfone groups is 1. The zero-order chi connectivity index (χ0) is 21.7. The second-order valence-corrected chi connectivity index (χ2v) is 8.37. The molecule has 0 unspecified atom stereocenters. The van der Waals surface area contributed by atoms with E-state index >= 15 is 0 Å². The number of methoxy groups -OCH3 is 2. The summed E-state index contributed by atoms with van der Waals surface area (Å²) in [6.07, 6.45) is 1.79. The van der Waals surface area contributed by atoms with Gasteiger partial charge in [0, 0.05) is 13.1 Å². The normalized spacial score (nSPS) is 13.7. The Labute approximate surface area is 174 Å². The SMILES string of the molecule is COc1ccc(OC)c(C(=O)NCCCNC(=O)C2=Cc3ccccc3S2(=O)=O)c1. The van der Waals surface area contributed by atoms with Crippen LogP contribution in [0.5, 0.6) is 11.5 Å². The summed E-state index contributed by atoms with van der Waals surface area (Å²) in [5.74, 6) is -0.0552. The molecule has 158 valence electrons. The highest BCUT2D eigenvalue weighted by Crippen LogP contribution is 2.32. The first-order valence-electron chi connectivity index (χ1n) is 9.22. The zero-order valence-electron chi connectivity index (χ0n) is 16.6. The van der Waals surface area contributed by atoms with Crippen molar-refractivity contribution >= 4 is 27.7 Å². The Morgan fingerprint density at radius 1 is 0.933 bits per heavy atom. The van der Waals surface area contributed by atoms with Gasteiger partial charge in [-0.15, -0.1) is 0 Å². The zero-order valence-corrected chi connectivity index (χ0v) is 17.4. The fraction of sp³-hybridized carbons (Fsp3) is 0.238. The van der Waals surface area contributed by atoms with Crippen LogP contribution in [0.2, 0.25) is 0 Å². The summed E-state index contributed by atoms with van der Waals surface area (Å²) >= 11 is 0. The van der Waals surface area contributed by atoms with Gasteiger partial charge in [-0.1, -0.05) is 18.2 Å². The lowest BCUT2D eigenvalue weighted by Gasteiger charge is -2.11. The van der Waals surface area contributed by atoms with Crippen molar-refractivity contribution in [3.8, 4) is 11.5 Å². The minimum Gasteiger partial charge on any atom is -0.497 e. The molecule has 2 aromatic carbocycles. The number of amides is 2. The highest BCUT2D eigenvalue weighted by Gasteiger charge is 2.33. The second-order valence-electron chi connectivity index (χ2n) is 6.48. The van der Waals surface area contributed by atoms with Gasteiger partial charge in [0.15, 0.2) is 0 Å². The quantitative estimate of drug-likeness (QED) is 0.618. The van der Waals surface area contributed by atoms with E-state index in [4.69, 9.17) is 9.47 Å². The van der Waals surface area contributed by atoms with Gasteiger partial charge < -0.3 is 20.1 Å². The molecule has 1 aliphatic heterocycles. The fourth-order valence-electron chi connectivity index (χ4n) is 3.04. The molecule has 2 amide bonds. The number of nitrogens with one attached hydrogen (secondary N) is 2. The molecule has 0 spiro atoms. The summed E-state index contributed by atoms with van der Waals surface area (Å²) in [7, 11) is -0.824. The average Bonchev–Trinajstić information content (AvgIpc) is 3.03. The van der Waals surface area contributed by atoms with Crippen LogP contribution in [-0.2, 0) is 14.6 Å². The van der Waals surface area contributed by atoms with Gasteiger partial charge >= 0.3 is 0 Å². The minimum absolute atomic E-state index is 0.134. The maximum atomic E-state index is 12.5. The minimum atomic E-state index is -3.80. The van der Waals surface area contributed by atoms with Gasteiger partial charge in [0.05, 0.1) is 24.7 Å². The molecule has 0 bridgehead atoms. The van der Waals surface area contributed by atoms with Gasteiger partial charge in [-0.05, 0) is 42.3 Å². The van der Waals surface area contributed by atoms with Gasteiger partial charge in [0.2, 0.25) is 9.84 Å². The van der Waals surface area contributed by atoms with E-state index < -0.39 is 15.7 Å². The molecule has 9 heteroatoms. The molecule has 8 nitrogen and oxygen atoms in total. The third-order valence-electron chi connectivity index (χ3n) is 4.58. The Hall–Kier alpha value is -3.33. The summed E-state index contributed by atoms with van der Waals surface area (Å²) in [6, 6.07) is 11.4. The molecule has 30 heavy (non-hydrogen) atoms. The second kappa shape index (κ2) is 9.00. The van der Waals surface area contributed by atoms with Crippen molar-refractivity contribution < 1.29 is 27.5 Å². The van der Waals surface area contributed by atoms with Crippen molar-refractivity contribution in [2.24, 2.45) is 0 Å². The predicted molar refractivity (Wildman–Crippen MR) is 111 cm³/mol. The molecular formula is C21H22N2O6S. The molecule has 0 atom stereocenters. The molecule has 1 aliphatic rings. The molecule has 0 fully saturated rings. The van der Waals surface area contributed by atoms with Crippen LogP contribution in [0, 0.1) is 0 Å². The maximum absolute atomic E-state index is 12.5. The molecule has 0 radical (unpaired) electrons. The van der Waals surface area contributed by atoms with Crippen LogP contribution in [0.4, 0.5) is 0 Å². The van der Waals surface area contributed by atoms with Crippen LogP contribution < -0.4 is 20.1 Å². The number of rotatable bonds is 8. The van der Waals surface area contributed by atoms with Crippen molar-refractivity contribution in [2.75, 3.05) is 27.3 Å². The summed E-state index contributed by atoms with van der Waals surface area (Å²) in [5, 5.41) is 5.33. The lowest BCUT2D eigenvalue weighted by atomic mass is 10.1. The van der Waals surface area contributed by atoms with Crippen molar-refractivity contribution in [3.05, 3.63) is 58.5 Å². The Morgan fingerprint density at radius 2 is 1.63 bits per heavy atom. The molecule has 3 rings (SSSR count). The van der Waals surface area contributed by atoms with Crippen molar-refractivity contribution in [3.63, 3.8) is 0 Å². The molecule has 0 saturated heterocycles. The number of fused-ring (bicyclic) bond motifs is 1. The largest absolute Gasteiger partial charge is 0.497 e. The number of carbonyl (C=O) groups is 2. The van der Waals surface area contributed by atoms with E-state index in [0.29, 0.717) is 29.0 Å². The van der Waals surface area contributed by atoms with Gasteiger partial charge in [0.1, 0.15) is 16.4 Å². The number of benzene rings is 2. The highest BCUT2D eigenvalue weighted by molar-refractivity contribution is 7.96. The van der Waals surface area contributed by atoms with Crippen LogP contribution in [0.3, 0.4) is 0 Å². The first-order chi connectivity index (χ1) is 14.4. The van der Waals surface area contributed by atoms with Crippen molar-refractivity contribution in [1.29, 1.82) is 0 Å². The van der Waals surface area contributed by atoms with Gasteiger partial charge in [-0.25, -0.2) is 8.42 Å². The molecule has 2 aromatic rings. The fourth-order valence-corrected chi connectivity index (χ4v) is 4.57. The molecular weight excluding hydrogens is 408 g/mol.